The zero-order chi connectivity index (χ0) is 18.3. The highest BCUT2D eigenvalue weighted by Gasteiger charge is 2.31. The summed E-state index contributed by atoms with van der Waals surface area (Å²) in [5.74, 6) is 0.945. The second kappa shape index (κ2) is 6.34. The highest BCUT2D eigenvalue weighted by molar-refractivity contribution is 7.89. The van der Waals surface area contributed by atoms with Crippen LogP contribution in [0.15, 0.2) is 32.4 Å². The molecule has 1 fully saturated rings. The second-order valence-corrected chi connectivity index (χ2v) is 7.91. The van der Waals surface area contributed by atoms with E-state index in [1.165, 1.54) is 12.1 Å². The fourth-order valence-corrected chi connectivity index (χ4v) is 4.04. The Morgan fingerprint density at radius 2 is 2.08 bits per heavy atom. The lowest BCUT2D eigenvalue weighted by Gasteiger charge is -2.13. The van der Waals surface area contributed by atoms with Gasteiger partial charge in [-0.05, 0) is 38.0 Å². The van der Waals surface area contributed by atoms with Crippen molar-refractivity contribution < 1.29 is 17.7 Å². The van der Waals surface area contributed by atoms with Crippen LogP contribution >= 0.6 is 0 Å². The molecule has 1 aliphatic heterocycles. The number of hydrogen-bond acceptors (Lipinski definition) is 7. The molecule has 10 nitrogen and oxygen atoms in total. The van der Waals surface area contributed by atoms with Gasteiger partial charge in [0, 0.05) is 6.54 Å². The van der Waals surface area contributed by atoms with Crippen LogP contribution in [0.4, 0.5) is 0 Å². The van der Waals surface area contributed by atoms with E-state index < -0.39 is 10.0 Å². The average Bonchev–Trinajstić information content (AvgIpc) is 3.30. The van der Waals surface area contributed by atoms with Gasteiger partial charge in [0.2, 0.25) is 10.0 Å². The van der Waals surface area contributed by atoms with E-state index in [0.29, 0.717) is 35.6 Å². The molecule has 0 spiro atoms. The van der Waals surface area contributed by atoms with Crippen molar-refractivity contribution in [1.29, 1.82) is 0 Å². The predicted octanol–water partition coefficient (Wildman–Crippen LogP) is 0.746. The molecule has 11 heteroatoms. The molecular weight excluding hydrogens is 362 g/mol. The molecule has 3 heterocycles. The van der Waals surface area contributed by atoms with Gasteiger partial charge in [0.25, 0.3) is 5.89 Å². The van der Waals surface area contributed by atoms with Gasteiger partial charge >= 0.3 is 5.69 Å². The second-order valence-electron chi connectivity index (χ2n) is 6.14. The molecule has 0 aliphatic carbocycles. The fourth-order valence-electron chi connectivity index (χ4n) is 2.95. The summed E-state index contributed by atoms with van der Waals surface area (Å²) in [5, 5.41) is 3.73. The maximum absolute atomic E-state index is 12.5. The number of H-pyrrole nitrogens is 2. The number of aromatic nitrogens is 4. The Morgan fingerprint density at radius 3 is 2.85 bits per heavy atom. The predicted molar refractivity (Wildman–Crippen MR) is 90.0 cm³/mol. The number of aryl methyl sites for hydroxylation is 1. The quantitative estimate of drug-likeness (QED) is 0.593. The van der Waals surface area contributed by atoms with E-state index >= 15 is 0 Å². The van der Waals surface area contributed by atoms with Crippen molar-refractivity contribution >= 4 is 21.1 Å². The summed E-state index contributed by atoms with van der Waals surface area (Å²) < 4.78 is 38.4. The van der Waals surface area contributed by atoms with Gasteiger partial charge in [0.15, 0.2) is 5.82 Å². The lowest BCUT2D eigenvalue weighted by molar-refractivity contribution is 0.0290. The van der Waals surface area contributed by atoms with Crippen LogP contribution in [0.2, 0.25) is 0 Å². The van der Waals surface area contributed by atoms with Gasteiger partial charge in [-0.1, -0.05) is 5.16 Å². The Hall–Kier alpha value is -2.50. The Labute approximate surface area is 148 Å². The summed E-state index contributed by atoms with van der Waals surface area (Å²) in [6.07, 6.45) is 0.772. The summed E-state index contributed by atoms with van der Waals surface area (Å²) in [6.45, 7) is 1.86. The van der Waals surface area contributed by atoms with E-state index in [0.717, 1.165) is 0 Å². The van der Waals surface area contributed by atoms with Crippen molar-refractivity contribution in [1.82, 2.24) is 24.8 Å². The first-order valence-electron chi connectivity index (χ1n) is 8.08. The van der Waals surface area contributed by atoms with E-state index in [1.54, 1.807) is 13.0 Å². The molecule has 3 aromatic rings. The van der Waals surface area contributed by atoms with E-state index in [4.69, 9.17) is 9.26 Å². The first-order chi connectivity index (χ1) is 12.4. The van der Waals surface area contributed by atoms with Crippen LogP contribution in [0.25, 0.3) is 11.0 Å². The van der Waals surface area contributed by atoms with Crippen LogP contribution in [0.5, 0.6) is 0 Å². The van der Waals surface area contributed by atoms with Crippen molar-refractivity contribution in [3.63, 3.8) is 0 Å². The van der Waals surface area contributed by atoms with Crippen molar-refractivity contribution in [2.24, 2.45) is 0 Å². The highest BCUT2D eigenvalue weighted by Crippen LogP contribution is 2.31. The normalized spacial score (nSPS) is 20.8. The van der Waals surface area contributed by atoms with Crippen molar-refractivity contribution in [3.8, 4) is 0 Å². The number of nitrogens with zero attached hydrogens (tertiary/aromatic N) is 2. The van der Waals surface area contributed by atoms with Crippen LogP contribution in [0.3, 0.4) is 0 Å². The summed E-state index contributed by atoms with van der Waals surface area (Å²) in [7, 11) is -3.73. The number of benzene rings is 1. The highest BCUT2D eigenvalue weighted by atomic mass is 32.2. The smallest absolute Gasteiger partial charge is 0.323 e. The van der Waals surface area contributed by atoms with E-state index in [9.17, 15) is 13.2 Å². The molecule has 1 aliphatic rings. The molecule has 2 atom stereocenters. The first-order valence-corrected chi connectivity index (χ1v) is 9.56. The number of hydrogen-bond donors (Lipinski definition) is 3. The van der Waals surface area contributed by atoms with E-state index in [-0.39, 0.29) is 29.3 Å². The minimum atomic E-state index is -3.73. The molecule has 4 rings (SSSR count). The van der Waals surface area contributed by atoms with Crippen LogP contribution in [0, 0.1) is 6.92 Å². The van der Waals surface area contributed by atoms with Gasteiger partial charge in [0.05, 0.1) is 22.0 Å². The third kappa shape index (κ3) is 3.28. The maximum atomic E-state index is 12.5. The molecule has 0 radical (unpaired) electrons. The van der Waals surface area contributed by atoms with Crippen molar-refractivity contribution in [2.75, 3.05) is 6.54 Å². The van der Waals surface area contributed by atoms with Gasteiger partial charge in [-0.2, -0.15) is 4.98 Å². The average molecular weight is 379 g/mol. The van der Waals surface area contributed by atoms with Crippen molar-refractivity contribution in [2.45, 2.75) is 36.9 Å². The van der Waals surface area contributed by atoms with Crippen molar-refractivity contribution in [3.05, 3.63) is 40.4 Å². The molecule has 3 N–H and O–H groups in total. The van der Waals surface area contributed by atoms with Gasteiger partial charge in [-0.25, -0.2) is 17.9 Å². The van der Waals surface area contributed by atoms with E-state index in [1.807, 2.05) is 0 Å². The molecule has 138 valence electrons. The molecule has 0 bridgehead atoms. The lowest BCUT2D eigenvalue weighted by atomic mass is 10.2. The SMILES string of the molecule is Cc1noc([C@@H]2CC[C@H](CNS(=O)(=O)c3ccc4[nH]c(=O)[nH]c4c3)O2)n1. The molecule has 1 saturated heterocycles. The molecule has 2 aromatic heterocycles. The summed E-state index contributed by atoms with van der Waals surface area (Å²) in [4.78, 5) is 20.6. The Balaban J connectivity index is 1.42. The molecular formula is C15H17N5O5S. The summed E-state index contributed by atoms with van der Waals surface area (Å²) in [5.41, 5.74) is 0.594. The number of aromatic amines is 2. The number of imidazole rings is 1. The maximum Gasteiger partial charge on any atom is 0.323 e. The standard InChI is InChI=1S/C15H17N5O5S/c1-8-17-14(25-20-8)13-5-2-9(24-13)7-16-26(22,23)10-3-4-11-12(6-10)19-15(21)18-11/h3-4,6,9,13,16H,2,5,7H2,1H3,(H2,18,19,21)/t9-,13+/m1/s1. The first kappa shape index (κ1) is 16.9. The summed E-state index contributed by atoms with van der Waals surface area (Å²) >= 11 is 0. The van der Waals surface area contributed by atoms with Crippen LogP contribution < -0.4 is 10.4 Å². The number of ether oxygens (including phenoxy) is 1. The van der Waals surface area contributed by atoms with Gasteiger partial charge in [0.1, 0.15) is 6.10 Å². The van der Waals surface area contributed by atoms with Crippen LogP contribution in [-0.2, 0) is 14.8 Å². The van der Waals surface area contributed by atoms with Gasteiger partial charge in [-0.15, -0.1) is 0 Å². The molecule has 0 amide bonds. The molecule has 1 aromatic carbocycles. The number of nitrogens with one attached hydrogen (secondary N) is 3. The molecule has 26 heavy (non-hydrogen) atoms. The van der Waals surface area contributed by atoms with Crippen LogP contribution in [0.1, 0.15) is 30.7 Å². The summed E-state index contributed by atoms with van der Waals surface area (Å²) in [6, 6.07) is 4.39. The van der Waals surface area contributed by atoms with Gasteiger partial charge in [-0.3, -0.25) is 0 Å². The van der Waals surface area contributed by atoms with Gasteiger partial charge < -0.3 is 19.2 Å². The number of rotatable bonds is 5. The van der Waals surface area contributed by atoms with Crippen LogP contribution in [-0.4, -0.2) is 41.2 Å². The Bertz CT molecular complexity index is 1100. The minimum Gasteiger partial charge on any atom is -0.364 e. The monoisotopic (exact) mass is 379 g/mol. The molecule has 0 saturated carbocycles. The van der Waals surface area contributed by atoms with E-state index in [2.05, 4.69) is 24.8 Å². The minimum absolute atomic E-state index is 0.0716. The zero-order valence-electron chi connectivity index (χ0n) is 13.9. The fraction of sp³-hybridized carbons (Fsp3) is 0.400. The lowest BCUT2D eigenvalue weighted by Crippen LogP contribution is -2.32. The number of sulfonamides is 1. The third-order valence-corrected chi connectivity index (χ3v) is 5.65. The third-order valence-electron chi connectivity index (χ3n) is 4.23. The number of fused-ring (bicyclic) bond motifs is 1. The Kier molecular flexibility index (Phi) is 4.13. The Morgan fingerprint density at radius 1 is 1.27 bits per heavy atom. The molecule has 0 unspecified atom stereocenters. The topological polar surface area (TPSA) is 143 Å². The zero-order valence-corrected chi connectivity index (χ0v) is 14.7. The largest absolute Gasteiger partial charge is 0.364 e.